The molecule has 0 bridgehead atoms. The number of aromatic nitrogens is 2. The van der Waals surface area contributed by atoms with Gasteiger partial charge < -0.3 is 15.0 Å². The van der Waals surface area contributed by atoms with Crippen molar-refractivity contribution < 1.29 is 22.7 Å². The van der Waals surface area contributed by atoms with Gasteiger partial charge >= 0.3 is 0 Å². The smallest absolute Gasteiger partial charge is 0.261 e. The molecule has 0 saturated heterocycles. The van der Waals surface area contributed by atoms with Crippen molar-refractivity contribution in [1.82, 2.24) is 20.0 Å². The Bertz CT molecular complexity index is 953. The number of nitrogens with one attached hydrogen (secondary N) is 1. The number of ether oxygens (including phenoxy) is 1. The molecule has 2 aromatic rings. The highest BCUT2D eigenvalue weighted by atomic mass is 32.2. The lowest BCUT2D eigenvalue weighted by Gasteiger charge is -2.16. The lowest BCUT2D eigenvalue weighted by Crippen LogP contribution is -2.39. The molecule has 152 valence electrons. The lowest BCUT2D eigenvalue weighted by molar-refractivity contribution is -0.121. The number of nitrogens with two attached hydrogens (primary N) is 1. The fourth-order valence-corrected chi connectivity index (χ4v) is 3.02. The first-order valence-corrected chi connectivity index (χ1v) is 9.88. The molecule has 10 nitrogen and oxygen atoms in total. The number of amides is 2. The summed E-state index contributed by atoms with van der Waals surface area (Å²) in [5.74, 6) is -0.499. The molecule has 2 rings (SSSR count). The quantitative estimate of drug-likeness (QED) is 0.603. The number of hydrogen-bond acceptors (Lipinski definition) is 6. The minimum Gasteiger partial charge on any atom is -0.479 e. The first-order chi connectivity index (χ1) is 13.1. The van der Waals surface area contributed by atoms with Gasteiger partial charge in [0.25, 0.3) is 5.91 Å². The second-order valence-electron chi connectivity index (χ2n) is 6.18. The standard InChI is InChI=1S/C17H23N5O5S/c1-21(17(24)14-10-22(2)20-16(14)27-3)11-15(23)19-9-8-12-4-6-13(7-5-12)28(18,25)26/h4-7,10H,8-9,11H2,1-3H3,(H,19,23)(H2,18,25,26). The van der Waals surface area contributed by atoms with Crippen molar-refractivity contribution in [1.29, 1.82) is 0 Å². The molecule has 11 heteroatoms. The molecular weight excluding hydrogens is 386 g/mol. The summed E-state index contributed by atoms with van der Waals surface area (Å²) in [5.41, 5.74) is 1.12. The molecule has 0 aliphatic rings. The number of primary sulfonamides is 1. The van der Waals surface area contributed by atoms with Crippen LogP contribution in [-0.4, -0.2) is 62.2 Å². The zero-order valence-electron chi connectivity index (χ0n) is 15.9. The van der Waals surface area contributed by atoms with Gasteiger partial charge in [0.2, 0.25) is 21.8 Å². The van der Waals surface area contributed by atoms with E-state index in [1.54, 1.807) is 19.2 Å². The van der Waals surface area contributed by atoms with Gasteiger partial charge in [-0.25, -0.2) is 13.6 Å². The fraction of sp³-hybridized carbons (Fsp3) is 0.353. The number of sulfonamides is 1. The predicted octanol–water partition coefficient (Wildman–Crippen LogP) is -0.493. The van der Waals surface area contributed by atoms with E-state index in [0.29, 0.717) is 13.0 Å². The fourth-order valence-electron chi connectivity index (χ4n) is 2.51. The van der Waals surface area contributed by atoms with Gasteiger partial charge in [0.15, 0.2) is 0 Å². The van der Waals surface area contributed by atoms with Crippen LogP contribution in [0.1, 0.15) is 15.9 Å². The van der Waals surface area contributed by atoms with Crippen LogP contribution in [-0.2, 0) is 28.3 Å². The molecule has 0 radical (unpaired) electrons. The average Bonchev–Trinajstić information content (AvgIpc) is 3.01. The topological polar surface area (TPSA) is 137 Å². The first kappa shape index (κ1) is 21.4. The Morgan fingerprint density at radius 1 is 1.29 bits per heavy atom. The van der Waals surface area contributed by atoms with Crippen LogP contribution in [0.15, 0.2) is 35.4 Å². The molecule has 1 aromatic carbocycles. The summed E-state index contributed by atoms with van der Waals surface area (Å²) in [6.07, 6.45) is 2.03. The van der Waals surface area contributed by atoms with Gasteiger partial charge in [-0.2, -0.15) is 0 Å². The van der Waals surface area contributed by atoms with E-state index in [0.717, 1.165) is 5.56 Å². The summed E-state index contributed by atoms with van der Waals surface area (Å²) in [7, 11) is 0.877. The van der Waals surface area contributed by atoms with Gasteiger partial charge in [-0.1, -0.05) is 12.1 Å². The largest absolute Gasteiger partial charge is 0.479 e. The van der Waals surface area contributed by atoms with Crippen molar-refractivity contribution in [2.24, 2.45) is 12.2 Å². The van der Waals surface area contributed by atoms with Crippen molar-refractivity contribution in [3.8, 4) is 5.88 Å². The van der Waals surface area contributed by atoms with E-state index in [9.17, 15) is 18.0 Å². The van der Waals surface area contributed by atoms with Crippen molar-refractivity contribution in [2.75, 3.05) is 27.2 Å². The molecule has 0 aliphatic heterocycles. The summed E-state index contributed by atoms with van der Waals surface area (Å²) in [4.78, 5) is 25.8. The third-order valence-electron chi connectivity index (χ3n) is 3.93. The summed E-state index contributed by atoms with van der Waals surface area (Å²) in [6.45, 7) is 0.215. The van der Waals surface area contributed by atoms with Gasteiger partial charge in [-0.05, 0) is 24.1 Å². The Labute approximate surface area is 163 Å². The van der Waals surface area contributed by atoms with Crippen LogP contribution in [0.2, 0.25) is 0 Å². The van der Waals surface area contributed by atoms with E-state index in [-0.39, 0.29) is 34.7 Å². The Hall–Kier alpha value is -2.92. The van der Waals surface area contributed by atoms with Crippen LogP contribution in [0.25, 0.3) is 0 Å². The number of aryl methyl sites for hydroxylation is 1. The number of carbonyl (C=O) groups excluding carboxylic acids is 2. The SMILES string of the molecule is COc1nn(C)cc1C(=O)N(C)CC(=O)NCCc1ccc(S(N)(=O)=O)cc1. The maximum Gasteiger partial charge on any atom is 0.261 e. The van der Waals surface area contributed by atoms with Gasteiger partial charge in [0.1, 0.15) is 5.56 Å². The first-order valence-electron chi connectivity index (χ1n) is 8.33. The summed E-state index contributed by atoms with van der Waals surface area (Å²) in [6, 6.07) is 6.10. The second kappa shape index (κ2) is 8.85. The van der Waals surface area contributed by atoms with E-state index in [1.807, 2.05) is 0 Å². The Morgan fingerprint density at radius 2 is 1.93 bits per heavy atom. The van der Waals surface area contributed by atoms with Gasteiger partial charge in [-0.15, -0.1) is 5.10 Å². The third-order valence-corrected chi connectivity index (χ3v) is 4.86. The van der Waals surface area contributed by atoms with Crippen molar-refractivity contribution >= 4 is 21.8 Å². The molecule has 0 atom stereocenters. The Kier molecular flexibility index (Phi) is 6.75. The summed E-state index contributed by atoms with van der Waals surface area (Å²) in [5, 5.41) is 11.8. The monoisotopic (exact) mass is 409 g/mol. The summed E-state index contributed by atoms with van der Waals surface area (Å²) >= 11 is 0. The maximum absolute atomic E-state index is 12.4. The molecule has 3 N–H and O–H groups in total. The molecule has 2 amide bonds. The lowest BCUT2D eigenvalue weighted by atomic mass is 10.1. The molecule has 0 fully saturated rings. The highest BCUT2D eigenvalue weighted by molar-refractivity contribution is 7.89. The highest BCUT2D eigenvalue weighted by Crippen LogP contribution is 2.16. The minimum absolute atomic E-state index is 0.0336. The molecule has 0 spiro atoms. The zero-order chi connectivity index (χ0) is 20.9. The number of nitrogens with zero attached hydrogens (tertiary/aromatic N) is 3. The Morgan fingerprint density at radius 3 is 2.50 bits per heavy atom. The number of benzene rings is 1. The van der Waals surface area contributed by atoms with E-state index >= 15 is 0 Å². The van der Waals surface area contributed by atoms with Gasteiger partial charge in [0.05, 0.1) is 18.6 Å². The molecule has 0 saturated carbocycles. The van der Waals surface area contributed by atoms with E-state index in [4.69, 9.17) is 9.88 Å². The molecular formula is C17H23N5O5S. The van der Waals surface area contributed by atoms with Crippen LogP contribution in [0.3, 0.4) is 0 Å². The second-order valence-corrected chi connectivity index (χ2v) is 7.74. The van der Waals surface area contributed by atoms with Crippen molar-refractivity contribution in [2.45, 2.75) is 11.3 Å². The van der Waals surface area contributed by atoms with E-state index in [1.165, 1.54) is 42.1 Å². The van der Waals surface area contributed by atoms with Crippen LogP contribution >= 0.6 is 0 Å². The normalized spacial score (nSPS) is 11.1. The number of hydrogen-bond donors (Lipinski definition) is 2. The zero-order valence-corrected chi connectivity index (χ0v) is 16.7. The maximum atomic E-state index is 12.4. The van der Waals surface area contributed by atoms with Crippen LogP contribution in [0.5, 0.6) is 5.88 Å². The predicted molar refractivity (Wildman–Crippen MR) is 101 cm³/mol. The average molecular weight is 409 g/mol. The molecule has 1 heterocycles. The molecule has 0 aliphatic carbocycles. The van der Waals surface area contributed by atoms with Crippen LogP contribution in [0, 0.1) is 0 Å². The number of carbonyl (C=O) groups is 2. The van der Waals surface area contributed by atoms with Crippen LogP contribution < -0.4 is 15.2 Å². The van der Waals surface area contributed by atoms with Crippen molar-refractivity contribution in [3.05, 3.63) is 41.6 Å². The van der Waals surface area contributed by atoms with Gasteiger partial charge in [-0.3, -0.25) is 14.3 Å². The molecule has 1 aromatic heterocycles. The van der Waals surface area contributed by atoms with Crippen LogP contribution in [0.4, 0.5) is 0 Å². The number of methoxy groups -OCH3 is 1. The molecule has 0 unspecified atom stereocenters. The van der Waals surface area contributed by atoms with Crippen molar-refractivity contribution in [3.63, 3.8) is 0 Å². The number of likely N-dealkylation sites (N-methyl/N-ethyl adjacent to an activating group) is 1. The highest BCUT2D eigenvalue weighted by Gasteiger charge is 2.21. The van der Waals surface area contributed by atoms with Gasteiger partial charge in [0, 0.05) is 26.8 Å². The van der Waals surface area contributed by atoms with E-state index < -0.39 is 10.0 Å². The summed E-state index contributed by atoms with van der Waals surface area (Å²) < 4.78 is 29.0. The third kappa shape index (κ3) is 5.54. The van der Waals surface area contributed by atoms with E-state index in [2.05, 4.69) is 10.4 Å². The number of rotatable bonds is 8. The Balaban J connectivity index is 1.84. The minimum atomic E-state index is -3.72. The molecule has 28 heavy (non-hydrogen) atoms.